The Hall–Kier alpha value is -1.95. The zero-order valence-electron chi connectivity index (χ0n) is 14.4. The number of halogens is 1. The maximum atomic E-state index is 12.9. The van der Waals surface area contributed by atoms with Gasteiger partial charge in [-0.05, 0) is 35.4 Å². The van der Waals surface area contributed by atoms with Gasteiger partial charge in [-0.2, -0.15) is 0 Å². The first-order valence-corrected chi connectivity index (χ1v) is 8.76. The second-order valence-electron chi connectivity index (χ2n) is 6.19. The molecule has 1 heterocycles. The molecule has 0 aromatic heterocycles. The molecule has 0 atom stereocenters. The molecule has 3 rings (SSSR count). The van der Waals surface area contributed by atoms with Crippen LogP contribution in [0.5, 0.6) is 5.75 Å². The second-order valence-corrected chi connectivity index (χ2v) is 6.19. The first-order valence-electron chi connectivity index (χ1n) is 8.76. The van der Waals surface area contributed by atoms with Crippen molar-refractivity contribution in [3.8, 4) is 5.75 Å². The molecular weight excluding hydrogens is 319 g/mol. The van der Waals surface area contributed by atoms with Gasteiger partial charge in [-0.25, -0.2) is 4.39 Å². The normalized spacial score (nSPS) is 15.2. The Kier molecular flexibility index (Phi) is 6.79. The molecule has 2 aromatic rings. The third-order valence-corrected chi connectivity index (χ3v) is 4.25. The highest BCUT2D eigenvalue weighted by atomic mass is 19.1. The zero-order chi connectivity index (χ0) is 17.3. The van der Waals surface area contributed by atoms with E-state index >= 15 is 0 Å². The average Bonchev–Trinajstić information content (AvgIpc) is 2.66. The predicted molar refractivity (Wildman–Crippen MR) is 96.1 cm³/mol. The number of ether oxygens (including phenoxy) is 2. The molecule has 1 N–H and O–H groups in total. The van der Waals surface area contributed by atoms with Gasteiger partial charge in [0.25, 0.3) is 0 Å². The Morgan fingerprint density at radius 1 is 1.04 bits per heavy atom. The molecule has 1 fully saturated rings. The van der Waals surface area contributed by atoms with Crippen LogP contribution in [0.25, 0.3) is 0 Å². The number of nitrogens with zero attached hydrogens (tertiary/aromatic N) is 1. The summed E-state index contributed by atoms with van der Waals surface area (Å²) in [5, 5.41) is 3.48. The van der Waals surface area contributed by atoms with E-state index < -0.39 is 0 Å². The summed E-state index contributed by atoms with van der Waals surface area (Å²) in [4.78, 5) is 2.42. The summed E-state index contributed by atoms with van der Waals surface area (Å²) >= 11 is 0. The molecule has 4 nitrogen and oxygen atoms in total. The van der Waals surface area contributed by atoms with Crippen LogP contribution in [0.15, 0.2) is 48.5 Å². The predicted octanol–water partition coefficient (Wildman–Crippen LogP) is 2.83. The molecule has 134 valence electrons. The highest BCUT2D eigenvalue weighted by Crippen LogP contribution is 2.15. The van der Waals surface area contributed by atoms with Crippen molar-refractivity contribution in [2.75, 3.05) is 39.4 Å². The fourth-order valence-corrected chi connectivity index (χ4v) is 2.79. The van der Waals surface area contributed by atoms with E-state index in [4.69, 9.17) is 9.47 Å². The molecule has 0 amide bonds. The lowest BCUT2D eigenvalue weighted by molar-refractivity contribution is 0.0384. The number of nitrogens with one attached hydrogen (secondary N) is 1. The molecule has 5 heteroatoms. The van der Waals surface area contributed by atoms with Gasteiger partial charge < -0.3 is 14.8 Å². The van der Waals surface area contributed by atoms with Gasteiger partial charge >= 0.3 is 0 Å². The molecular formula is C20H25FN2O2. The quantitative estimate of drug-likeness (QED) is 0.747. The Bertz CT molecular complexity index is 642. The summed E-state index contributed by atoms with van der Waals surface area (Å²) in [6, 6.07) is 14.5. The first-order chi connectivity index (χ1) is 12.3. The van der Waals surface area contributed by atoms with Crippen molar-refractivity contribution in [3.63, 3.8) is 0 Å². The number of rotatable bonds is 8. The zero-order valence-corrected chi connectivity index (χ0v) is 14.4. The van der Waals surface area contributed by atoms with Crippen LogP contribution in [0.3, 0.4) is 0 Å². The highest BCUT2D eigenvalue weighted by molar-refractivity contribution is 5.29. The standard InChI is InChI=1S/C20H25FN2O2/c21-19-6-4-17(5-7-19)16-25-20-3-1-2-18(14-20)15-22-8-9-23-10-12-24-13-11-23/h1-7,14,22H,8-13,15-16H2. The monoisotopic (exact) mass is 344 g/mol. The fraction of sp³-hybridized carbons (Fsp3) is 0.400. The molecule has 0 aliphatic carbocycles. The van der Waals surface area contributed by atoms with Gasteiger partial charge in [-0.3, -0.25) is 4.90 Å². The number of benzene rings is 2. The topological polar surface area (TPSA) is 33.7 Å². The largest absolute Gasteiger partial charge is 0.489 e. The number of morpholine rings is 1. The van der Waals surface area contributed by atoms with Crippen LogP contribution in [0.1, 0.15) is 11.1 Å². The van der Waals surface area contributed by atoms with E-state index in [-0.39, 0.29) is 5.82 Å². The summed E-state index contributed by atoms with van der Waals surface area (Å²) < 4.78 is 24.1. The van der Waals surface area contributed by atoms with Crippen molar-refractivity contribution < 1.29 is 13.9 Å². The average molecular weight is 344 g/mol. The molecule has 0 spiro atoms. The smallest absolute Gasteiger partial charge is 0.123 e. The maximum absolute atomic E-state index is 12.9. The van der Waals surface area contributed by atoms with Crippen LogP contribution in [-0.2, 0) is 17.9 Å². The molecule has 0 radical (unpaired) electrons. The van der Waals surface area contributed by atoms with Crippen LogP contribution in [0.4, 0.5) is 4.39 Å². The number of hydrogen-bond acceptors (Lipinski definition) is 4. The summed E-state index contributed by atoms with van der Waals surface area (Å²) in [5.74, 6) is 0.603. The van der Waals surface area contributed by atoms with Crippen molar-refractivity contribution in [2.45, 2.75) is 13.2 Å². The van der Waals surface area contributed by atoms with Crippen molar-refractivity contribution in [1.29, 1.82) is 0 Å². The van der Waals surface area contributed by atoms with E-state index in [0.717, 1.165) is 57.3 Å². The maximum Gasteiger partial charge on any atom is 0.123 e. The summed E-state index contributed by atoms with van der Waals surface area (Å²) in [6.45, 7) is 6.99. The SMILES string of the molecule is Fc1ccc(COc2cccc(CNCCN3CCOCC3)c2)cc1. The fourth-order valence-electron chi connectivity index (χ4n) is 2.79. The Labute approximate surface area is 148 Å². The van der Waals surface area contributed by atoms with Crippen LogP contribution >= 0.6 is 0 Å². The van der Waals surface area contributed by atoms with Gasteiger partial charge in [0, 0.05) is 32.7 Å². The molecule has 0 saturated carbocycles. The minimum absolute atomic E-state index is 0.228. The molecule has 1 aliphatic heterocycles. The third kappa shape index (κ3) is 6.12. The van der Waals surface area contributed by atoms with E-state index in [1.165, 1.54) is 17.7 Å². The lowest BCUT2D eigenvalue weighted by atomic mass is 10.2. The van der Waals surface area contributed by atoms with Crippen LogP contribution in [0.2, 0.25) is 0 Å². The molecule has 1 saturated heterocycles. The van der Waals surface area contributed by atoms with E-state index in [2.05, 4.69) is 16.3 Å². The van der Waals surface area contributed by atoms with E-state index in [1.807, 2.05) is 18.2 Å². The second kappa shape index (κ2) is 9.51. The molecule has 2 aromatic carbocycles. The number of hydrogen-bond donors (Lipinski definition) is 1. The minimum Gasteiger partial charge on any atom is -0.489 e. The van der Waals surface area contributed by atoms with Gasteiger partial charge in [0.2, 0.25) is 0 Å². The van der Waals surface area contributed by atoms with Crippen molar-refractivity contribution >= 4 is 0 Å². The van der Waals surface area contributed by atoms with Crippen molar-refractivity contribution in [2.24, 2.45) is 0 Å². The van der Waals surface area contributed by atoms with Gasteiger partial charge in [0.15, 0.2) is 0 Å². The summed E-state index contributed by atoms with van der Waals surface area (Å²) in [5.41, 5.74) is 2.15. The third-order valence-electron chi connectivity index (χ3n) is 4.25. The van der Waals surface area contributed by atoms with Gasteiger partial charge in [-0.15, -0.1) is 0 Å². The lowest BCUT2D eigenvalue weighted by Crippen LogP contribution is -2.40. The Morgan fingerprint density at radius 2 is 1.84 bits per heavy atom. The van der Waals surface area contributed by atoms with Crippen LogP contribution < -0.4 is 10.1 Å². The van der Waals surface area contributed by atoms with E-state index in [1.54, 1.807) is 12.1 Å². The van der Waals surface area contributed by atoms with Crippen molar-refractivity contribution in [3.05, 3.63) is 65.5 Å². The van der Waals surface area contributed by atoms with E-state index in [9.17, 15) is 4.39 Å². The minimum atomic E-state index is -0.228. The molecule has 1 aliphatic rings. The lowest BCUT2D eigenvalue weighted by Gasteiger charge is -2.26. The van der Waals surface area contributed by atoms with Gasteiger partial charge in [-0.1, -0.05) is 24.3 Å². The van der Waals surface area contributed by atoms with Gasteiger partial charge in [0.1, 0.15) is 18.2 Å². The van der Waals surface area contributed by atoms with E-state index in [0.29, 0.717) is 6.61 Å². The summed E-state index contributed by atoms with van der Waals surface area (Å²) in [7, 11) is 0. The molecule has 0 bridgehead atoms. The van der Waals surface area contributed by atoms with Gasteiger partial charge in [0.05, 0.1) is 13.2 Å². The highest BCUT2D eigenvalue weighted by Gasteiger charge is 2.09. The molecule has 25 heavy (non-hydrogen) atoms. The van der Waals surface area contributed by atoms with Crippen molar-refractivity contribution in [1.82, 2.24) is 10.2 Å². The van der Waals surface area contributed by atoms with Crippen LogP contribution in [0, 0.1) is 5.82 Å². The molecule has 0 unspecified atom stereocenters. The first kappa shape index (κ1) is 17.9. The Morgan fingerprint density at radius 3 is 2.64 bits per heavy atom. The summed E-state index contributed by atoms with van der Waals surface area (Å²) in [6.07, 6.45) is 0. The van der Waals surface area contributed by atoms with Crippen LogP contribution in [-0.4, -0.2) is 44.3 Å². The Balaban J connectivity index is 1.40.